The molecule has 0 aromatic carbocycles. The minimum Gasteiger partial charge on any atom is -0.318 e. The van der Waals surface area contributed by atoms with E-state index in [1.807, 2.05) is 24.6 Å². The van der Waals surface area contributed by atoms with Gasteiger partial charge in [-0.1, -0.05) is 6.07 Å². The lowest BCUT2D eigenvalue weighted by molar-refractivity contribution is -0.148. The summed E-state index contributed by atoms with van der Waals surface area (Å²) < 4.78 is 0. The number of nitrogens with one attached hydrogen (secondary N) is 1. The van der Waals surface area contributed by atoms with Crippen LogP contribution in [0.15, 0.2) is 17.5 Å². The zero-order valence-electron chi connectivity index (χ0n) is 9.81. The van der Waals surface area contributed by atoms with Gasteiger partial charge in [0.2, 0.25) is 11.8 Å². The van der Waals surface area contributed by atoms with Gasteiger partial charge in [-0.2, -0.15) is 0 Å². The van der Waals surface area contributed by atoms with Gasteiger partial charge in [0.25, 0.3) is 0 Å². The van der Waals surface area contributed by atoms with E-state index >= 15 is 0 Å². The van der Waals surface area contributed by atoms with E-state index in [0.717, 1.165) is 4.88 Å². The SMILES string of the molecule is CNCCN1C(=O)CC(c2cccs2)CC1=O. The van der Waals surface area contributed by atoms with Gasteiger partial charge in [-0.25, -0.2) is 0 Å². The summed E-state index contributed by atoms with van der Waals surface area (Å²) in [5.41, 5.74) is 0. The second-order valence-corrected chi connectivity index (χ2v) is 5.14. The second kappa shape index (κ2) is 5.42. The first-order valence-corrected chi connectivity index (χ1v) is 6.61. The molecule has 0 radical (unpaired) electrons. The summed E-state index contributed by atoms with van der Waals surface area (Å²) in [5, 5.41) is 4.93. The molecule has 0 spiro atoms. The van der Waals surface area contributed by atoms with Gasteiger partial charge in [-0.05, 0) is 18.5 Å². The Morgan fingerprint density at radius 1 is 1.41 bits per heavy atom. The van der Waals surface area contributed by atoms with Crippen molar-refractivity contribution in [3.8, 4) is 0 Å². The van der Waals surface area contributed by atoms with E-state index in [-0.39, 0.29) is 17.7 Å². The number of hydrogen-bond acceptors (Lipinski definition) is 4. The van der Waals surface area contributed by atoms with Crippen molar-refractivity contribution in [3.05, 3.63) is 22.4 Å². The molecule has 2 heterocycles. The Morgan fingerprint density at radius 2 is 2.12 bits per heavy atom. The van der Waals surface area contributed by atoms with Gasteiger partial charge in [-0.3, -0.25) is 14.5 Å². The molecule has 2 rings (SSSR count). The summed E-state index contributed by atoms with van der Waals surface area (Å²) in [4.78, 5) is 26.3. The first-order chi connectivity index (χ1) is 8.22. The summed E-state index contributed by atoms with van der Waals surface area (Å²) in [6, 6.07) is 3.96. The number of piperidine rings is 1. The van der Waals surface area contributed by atoms with Crippen molar-refractivity contribution in [1.29, 1.82) is 0 Å². The van der Waals surface area contributed by atoms with E-state index < -0.39 is 0 Å². The molecule has 2 amide bonds. The van der Waals surface area contributed by atoms with E-state index in [1.54, 1.807) is 11.3 Å². The van der Waals surface area contributed by atoms with Gasteiger partial charge >= 0.3 is 0 Å². The number of carbonyl (C=O) groups excluding carboxylic acids is 2. The standard InChI is InChI=1S/C12H16N2O2S/c1-13-4-5-14-11(15)7-9(8-12(14)16)10-3-2-6-17-10/h2-3,6,9,13H,4-5,7-8H2,1H3. The van der Waals surface area contributed by atoms with Gasteiger partial charge in [0.1, 0.15) is 0 Å². The van der Waals surface area contributed by atoms with Crippen LogP contribution in [0.5, 0.6) is 0 Å². The Morgan fingerprint density at radius 3 is 2.65 bits per heavy atom. The lowest BCUT2D eigenvalue weighted by Crippen LogP contribution is -2.45. The van der Waals surface area contributed by atoms with E-state index in [4.69, 9.17) is 0 Å². The molecule has 0 saturated carbocycles. The van der Waals surface area contributed by atoms with Crippen LogP contribution in [0, 0.1) is 0 Å². The summed E-state index contributed by atoms with van der Waals surface area (Å²) in [5.74, 6) is -0.00867. The highest BCUT2D eigenvalue weighted by Gasteiger charge is 2.33. The van der Waals surface area contributed by atoms with Gasteiger partial charge in [0.05, 0.1) is 0 Å². The van der Waals surface area contributed by atoms with Crippen LogP contribution in [-0.4, -0.2) is 36.9 Å². The van der Waals surface area contributed by atoms with E-state index in [2.05, 4.69) is 5.32 Å². The van der Waals surface area contributed by atoms with Crippen molar-refractivity contribution in [2.24, 2.45) is 0 Å². The van der Waals surface area contributed by atoms with Crippen LogP contribution in [0.3, 0.4) is 0 Å². The Balaban J connectivity index is 2.02. The van der Waals surface area contributed by atoms with Crippen LogP contribution in [0.25, 0.3) is 0 Å². The lowest BCUT2D eigenvalue weighted by Gasteiger charge is -2.29. The van der Waals surface area contributed by atoms with Crippen LogP contribution in [0.4, 0.5) is 0 Å². The molecule has 92 valence electrons. The maximum atomic E-state index is 11.9. The van der Waals surface area contributed by atoms with Crippen molar-refractivity contribution in [1.82, 2.24) is 10.2 Å². The molecule has 0 aliphatic carbocycles. The number of imide groups is 1. The monoisotopic (exact) mass is 252 g/mol. The van der Waals surface area contributed by atoms with Crippen molar-refractivity contribution in [2.45, 2.75) is 18.8 Å². The van der Waals surface area contributed by atoms with Crippen LogP contribution < -0.4 is 5.32 Å². The quantitative estimate of drug-likeness (QED) is 0.819. The highest BCUT2D eigenvalue weighted by molar-refractivity contribution is 7.10. The molecule has 5 heteroatoms. The zero-order chi connectivity index (χ0) is 12.3. The average molecular weight is 252 g/mol. The van der Waals surface area contributed by atoms with Crippen molar-refractivity contribution in [2.75, 3.05) is 20.1 Å². The molecule has 0 unspecified atom stereocenters. The fourth-order valence-corrected chi connectivity index (χ4v) is 2.88. The maximum absolute atomic E-state index is 11.9. The summed E-state index contributed by atoms with van der Waals surface area (Å²) in [6.07, 6.45) is 0.909. The van der Waals surface area contributed by atoms with Crippen molar-refractivity contribution >= 4 is 23.2 Å². The molecule has 0 bridgehead atoms. The van der Waals surface area contributed by atoms with Crippen LogP contribution in [0.2, 0.25) is 0 Å². The molecule has 1 aromatic heterocycles. The lowest BCUT2D eigenvalue weighted by atomic mass is 9.94. The predicted molar refractivity (Wildman–Crippen MR) is 66.9 cm³/mol. The zero-order valence-corrected chi connectivity index (χ0v) is 10.6. The third-order valence-corrected chi connectivity index (χ3v) is 4.01. The maximum Gasteiger partial charge on any atom is 0.229 e. The first-order valence-electron chi connectivity index (χ1n) is 5.73. The van der Waals surface area contributed by atoms with E-state index in [0.29, 0.717) is 25.9 Å². The number of hydrogen-bond donors (Lipinski definition) is 1. The number of likely N-dealkylation sites (N-methyl/N-ethyl adjacent to an activating group) is 1. The predicted octanol–water partition coefficient (Wildman–Crippen LogP) is 1.20. The average Bonchev–Trinajstić information content (AvgIpc) is 2.81. The minimum atomic E-state index is -0.0464. The topological polar surface area (TPSA) is 49.4 Å². The number of thiophene rings is 1. The molecule has 1 N–H and O–H groups in total. The highest BCUT2D eigenvalue weighted by Crippen LogP contribution is 2.32. The normalized spacial score (nSPS) is 17.8. The summed E-state index contributed by atoms with van der Waals surface area (Å²) in [6.45, 7) is 1.13. The smallest absolute Gasteiger partial charge is 0.229 e. The molecule has 17 heavy (non-hydrogen) atoms. The van der Waals surface area contributed by atoms with Gasteiger partial charge in [0, 0.05) is 36.7 Å². The Bertz CT molecular complexity index is 385. The molecular formula is C12H16N2O2S. The van der Waals surface area contributed by atoms with Crippen LogP contribution in [0.1, 0.15) is 23.6 Å². The highest BCUT2D eigenvalue weighted by atomic mass is 32.1. The Labute approximate surface area is 105 Å². The molecule has 1 aromatic rings. The molecule has 0 atom stereocenters. The van der Waals surface area contributed by atoms with E-state index in [9.17, 15) is 9.59 Å². The summed E-state index contributed by atoms with van der Waals surface area (Å²) >= 11 is 1.62. The van der Waals surface area contributed by atoms with Crippen LogP contribution >= 0.6 is 11.3 Å². The molecule has 1 fully saturated rings. The molecule has 1 saturated heterocycles. The molecule has 1 aliphatic rings. The summed E-state index contributed by atoms with van der Waals surface area (Å²) in [7, 11) is 1.81. The number of amides is 2. The molecule has 1 aliphatic heterocycles. The number of likely N-dealkylation sites (tertiary alicyclic amines) is 1. The van der Waals surface area contributed by atoms with Crippen LogP contribution in [-0.2, 0) is 9.59 Å². The van der Waals surface area contributed by atoms with Gasteiger partial charge in [0.15, 0.2) is 0 Å². The fourth-order valence-electron chi connectivity index (χ4n) is 2.05. The first kappa shape index (κ1) is 12.3. The van der Waals surface area contributed by atoms with Gasteiger partial charge in [-0.15, -0.1) is 11.3 Å². The van der Waals surface area contributed by atoms with Crippen molar-refractivity contribution in [3.63, 3.8) is 0 Å². The largest absolute Gasteiger partial charge is 0.318 e. The number of nitrogens with zero attached hydrogens (tertiary/aromatic N) is 1. The Hall–Kier alpha value is -1.20. The minimum absolute atomic E-state index is 0.0464. The number of rotatable bonds is 4. The number of carbonyl (C=O) groups is 2. The molecule has 4 nitrogen and oxygen atoms in total. The second-order valence-electron chi connectivity index (χ2n) is 4.16. The third kappa shape index (κ3) is 2.73. The fraction of sp³-hybridized carbons (Fsp3) is 0.500. The Kier molecular flexibility index (Phi) is 3.91. The van der Waals surface area contributed by atoms with E-state index in [1.165, 1.54) is 4.90 Å². The van der Waals surface area contributed by atoms with Crippen molar-refractivity contribution < 1.29 is 9.59 Å². The third-order valence-electron chi connectivity index (χ3n) is 2.98. The molecular weight excluding hydrogens is 236 g/mol. The van der Waals surface area contributed by atoms with Gasteiger partial charge < -0.3 is 5.32 Å².